The molecule has 0 rings (SSSR count). The van der Waals surface area contributed by atoms with Gasteiger partial charge in [-0.1, -0.05) is 79.1 Å². The molecule has 0 aliphatic carbocycles. The second kappa shape index (κ2) is 14.6. The molecule has 1 unspecified atom stereocenters. The van der Waals surface area contributed by atoms with Crippen LogP contribution in [0.25, 0.3) is 0 Å². The van der Waals surface area contributed by atoms with Crippen molar-refractivity contribution in [1.29, 1.82) is 0 Å². The van der Waals surface area contributed by atoms with Gasteiger partial charge in [-0.05, 0) is 31.6 Å². The van der Waals surface area contributed by atoms with E-state index in [1.807, 2.05) is 7.05 Å². The van der Waals surface area contributed by atoms with Gasteiger partial charge in [-0.25, -0.2) is 4.79 Å². The van der Waals surface area contributed by atoms with E-state index >= 15 is 0 Å². The molecule has 1 amide bonds. The molecule has 0 aromatic heterocycles. The molecule has 0 aromatic rings. The normalized spacial score (nSPS) is 12.7. The fourth-order valence-electron chi connectivity index (χ4n) is 3.25. The maximum Gasteiger partial charge on any atom is 0.409 e. The van der Waals surface area contributed by atoms with Gasteiger partial charge in [0.25, 0.3) is 0 Å². The molecule has 0 bridgehead atoms. The van der Waals surface area contributed by atoms with Gasteiger partial charge >= 0.3 is 6.09 Å². The van der Waals surface area contributed by atoms with E-state index in [0.29, 0.717) is 11.8 Å². The first-order valence-electron chi connectivity index (χ1n) is 10.3. The predicted molar refractivity (Wildman–Crippen MR) is 104 cm³/mol. The molecule has 0 aromatic carbocycles. The van der Waals surface area contributed by atoms with Gasteiger partial charge in [0, 0.05) is 13.6 Å². The molecule has 0 aliphatic heterocycles. The maximum atomic E-state index is 12.2. The van der Waals surface area contributed by atoms with Crippen molar-refractivity contribution in [1.82, 2.24) is 4.90 Å². The van der Waals surface area contributed by atoms with Crippen molar-refractivity contribution in [3.05, 3.63) is 0 Å². The van der Waals surface area contributed by atoms with Crippen LogP contribution in [0.5, 0.6) is 0 Å². The van der Waals surface area contributed by atoms with Gasteiger partial charge in [0.15, 0.2) is 0 Å². The average molecular weight is 342 g/mol. The first kappa shape index (κ1) is 23.3. The van der Waals surface area contributed by atoms with Crippen LogP contribution in [0.1, 0.15) is 98.8 Å². The molecular weight excluding hydrogens is 298 g/mol. The molecule has 3 nitrogen and oxygen atoms in total. The standard InChI is InChI=1S/C21H43NO2/c1-7-9-11-13-15-20(16-14-12-10-8-2)19(5)24-21(23)22(6)17-18(3)4/h18-20H,7-17H2,1-6H3. The third-order valence-corrected chi connectivity index (χ3v) is 4.76. The van der Waals surface area contributed by atoms with Gasteiger partial charge < -0.3 is 9.64 Å². The Bertz CT molecular complexity index is 292. The number of unbranched alkanes of at least 4 members (excludes halogenated alkanes) is 6. The summed E-state index contributed by atoms with van der Waals surface area (Å²) in [5, 5.41) is 0. The number of hydrogen-bond donors (Lipinski definition) is 0. The van der Waals surface area contributed by atoms with Crippen molar-refractivity contribution in [3.8, 4) is 0 Å². The summed E-state index contributed by atoms with van der Waals surface area (Å²) >= 11 is 0. The second-order valence-electron chi connectivity index (χ2n) is 7.82. The van der Waals surface area contributed by atoms with Crippen LogP contribution in [0.15, 0.2) is 0 Å². The molecule has 0 fully saturated rings. The lowest BCUT2D eigenvalue weighted by molar-refractivity contribution is 0.0407. The number of carbonyl (C=O) groups excluding carboxylic acids is 1. The predicted octanol–water partition coefficient (Wildman–Crippen LogP) is 6.66. The van der Waals surface area contributed by atoms with Crippen LogP contribution in [-0.4, -0.2) is 30.7 Å². The summed E-state index contributed by atoms with van der Waals surface area (Å²) in [6, 6.07) is 0. The summed E-state index contributed by atoms with van der Waals surface area (Å²) in [6.07, 6.45) is 12.5. The number of carbonyl (C=O) groups is 1. The molecule has 3 heteroatoms. The van der Waals surface area contributed by atoms with E-state index in [1.54, 1.807) is 4.90 Å². The molecule has 0 aliphatic rings. The van der Waals surface area contributed by atoms with E-state index in [0.717, 1.165) is 6.54 Å². The number of ether oxygens (including phenoxy) is 1. The summed E-state index contributed by atoms with van der Waals surface area (Å²) in [6.45, 7) is 11.6. The van der Waals surface area contributed by atoms with Crippen LogP contribution in [0.4, 0.5) is 4.79 Å². The number of nitrogens with zero attached hydrogens (tertiary/aromatic N) is 1. The Balaban J connectivity index is 4.40. The molecule has 0 saturated heterocycles. The third-order valence-electron chi connectivity index (χ3n) is 4.76. The quantitative estimate of drug-likeness (QED) is 0.331. The van der Waals surface area contributed by atoms with E-state index in [-0.39, 0.29) is 12.2 Å². The fraction of sp³-hybridized carbons (Fsp3) is 0.952. The molecule has 0 radical (unpaired) electrons. The second-order valence-corrected chi connectivity index (χ2v) is 7.82. The number of rotatable bonds is 14. The summed E-state index contributed by atoms with van der Waals surface area (Å²) in [5.74, 6) is 0.979. The zero-order chi connectivity index (χ0) is 18.4. The van der Waals surface area contributed by atoms with Crippen molar-refractivity contribution in [2.75, 3.05) is 13.6 Å². The van der Waals surface area contributed by atoms with E-state index in [4.69, 9.17) is 4.74 Å². The van der Waals surface area contributed by atoms with Gasteiger partial charge in [0.1, 0.15) is 6.10 Å². The molecule has 0 heterocycles. The SMILES string of the molecule is CCCCCCC(CCCCCC)C(C)OC(=O)N(C)CC(C)C. The van der Waals surface area contributed by atoms with E-state index in [2.05, 4.69) is 34.6 Å². The monoisotopic (exact) mass is 341 g/mol. The van der Waals surface area contributed by atoms with Crippen molar-refractivity contribution in [3.63, 3.8) is 0 Å². The summed E-state index contributed by atoms with van der Waals surface area (Å²) in [4.78, 5) is 14.0. The van der Waals surface area contributed by atoms with Gasteiger partial charge in [0.2, 0.25) is 0 Å². The van der Waals surface area contributed by atoms with Crippen LogP contribution in [-0.2, 0) is 4.74 Å². The minimum atomic E-state index is -0.164. The summed E-state index contributed by atoms with van der Waals surface area (Å²) in [5.41, 5.74) is 0. The topological polar surface area (TPSA) is 29.5 Å². The molecule has 144 valence electrons. The lowest BCUT2D eigenvalue weighted by Gasteiger charge is -2.27. The Morgan fingerprint density at radius 3 is 1.79 bits per heavy atom. The van der Waals surface area contributed by atoms with Crippen LogP contribution in [0.3, 0.4) is 0 Å². The zero-order valence-electron chi connectivity index (χ0n) is 17.3. The highest BCUT2D eigenvalue weighted by atomic mass is 16.6. The first-order chi connectivity index (χ1) is 11.4. The smallest absolute Gasteiger partial charge is 0.409 e. The highest BCUT2D eigenvalue weighted by Crippen LogP contribution is 2.24. The van der Waals surface area contributed by atoms with Crippen LogP contribution < -0.4 is 0 Å². The minimum absolute atomic E-state index is 0.0235. The zero-order valence-corrected chi connectivity index (χ0v) is 17.3. The van der Waals surface area contributed by atoms with Crippen molar-refractivity contribution in [2.24, 2.45) is 11.8 Å². The van der Waals surface area contributed by atoms with Gasteiger partial charge in [-0.2, -0.15) is 0 Å². The third kappa shape index (κ3) is 11.8. The lowest BCUT2D eigenvalue weighted by atomic mass is 9.90. The molecule has 1 atom stereocenters. The molecule has 24 heavy (non-hydrogen) atoms. The molecule has 0 saturated carbocycles. The van der Waals surface area contributed by atoms with Gasteiger partial charge in [-0.15, -0.1) is 0 Å². The van der Waals surface area contributed by atoms with Gasteiger partial charge in [-0.3, -0.25) is 0 Å². The molecule has 0 spiro atoms. The van der Waals surface area contributed by atoms with E-state index < -0.39 is 0 Å². The van der Waals surface area contributed by atoms with Crippen molar-refractivity contribution >= 4 is 6.09 Å². The molecular formula is C21H43NO2. The highest BCUT2D eigenvalue weighted by molar-refractivity contribution is 5.67. The highest BCUT2D eigenvalue weighted by Gasteiger charge is 2.22. The Labute approximate surface area is 151 Å². The van der Waals surface area contributed by atoms with Crippen molar-refractivity contribution < 1.29 is 9.53 Å². The average Bonchev–Trinajstić information content (AvgIpc) is 2.52. The minimum Gasteiger partial charge on any atom is -0.446 e. The fourth-order valence-corrected chi connectivity index (χ4v) is 3.25. The number of hydrogen-bond acceptors (Lipinski definition) is 2. The van der Waals surface area contributed by atoms with Crippen LogP contribution in [0, 0.1) is 11.8 Å². The number of amides is 1. The largest absolute Gasteiger partial charge is 0.446 e. The molecule has 0 N–H and O–H groups in total. The van der Waals surface area contributed by atoms with E-state index in [1.165, 1.54) is 64.2 Å². The Morgan fingerprint density at radius 2 is 1.38 bits per heavy atom. The lowest BCUT2D eigenvalue weighted by Crippen LogP contribution is -2.35. The van der Waals surface area contributed by atoms with Crippen LogP contribution in [0.2, 0.25) is 0 Å². The Hall–Kier alpha value is -0.730. The van der Waals surface area contributed by atoms with Crippen LogP contribution >= 0.6 is 0 Å². The summed E-state index contributed by atoms with van der Waals surface area (Å²) < 4.78 is 5.78. The Morgan fingerprint density at radius 1 is 0.875 bits per heavy atom. The Kier molecular flexibility index (Phi) is 14.2. The first-order valence-corrected chi connectivity index (χ1v) is 10.3. The van der Waals surface area contributed by atoms with Gasteiger partial charge in [0.05, 0.1) is 0 Å². The maximum absolute atomic E-state index is 12.2. The van der Waals surface area contributed by atoms with Crippen molar-refractivity contribution in [2.45, 2.75) is 105 Å². The van der Waals surface area contributed by atoms with E-state index in [9.17, 15) is 4.79 Å². The summed E-state index contributed by atoms with van der Waals surface area (Å²) in [7, 11) is 1.84.